The average Bonchev–Trinajstić information content (AvgIpc) is 2.06. The van der Waals surface area contributed by atoms with Gasteiger partial charge in [-0.05, 0) is 12.8 Å². The van der Waals surface area contributed by atoms with E-state index in [1.54, 1.807) is 0 Å². The van der Waals surface area contributed by atoms with Crippen LogP contribution in [-0.2, 0) is 20.2 Å². The van der Waals surface area contributed by atoms with Crippen molar-refractivity contribution < 1.29 is 25.9 Å². The molecule has 0 amide bonds. The predicted octanol–water partition coefficient (Wildman–Crippen LogP) is 0.238. The predicted molar refractivity (Wildman–Crippen MR) is 63.3 cm³/mol. The van der Waals surface area contributed by atoms with Gasteiger partial charge in [-0.2, -0.15) is 0 Å². The van der Waals surface area contributed by atoms with Crippen LogP contribution >= 0.6 is 21.6 Å². The number of rotatable bonds is 9. The van der Waals surface area contributed by atoms with Crippen LogP contribution in [0.4, 0.5) is 0 Å². The summed E-state index contributed by atoms with van der Waals surface area (Å²) in [7, 11) is -5.55. The molecule has 0 rings (SSSR count). The van der Waals surface area contributed by atoms with Crippen molar-refractivity contribution in [1.29, 1.82) is 0 Å². The Hall–Kier alpha value is 0.520. The molecule has 0 saturated heterocycles. The van der Waals surface area contributed by atoms with Crippen LogP contribution in [0.15, 0.2) is 0 Å². The van der Waals surface area contributed by atoms with Crippen LogP contribution < -0.4 is 0 Å². The van der Waals surface area contributed by atoms with Crippen LogP contribution in [-0.4, -0.2) is 49.0 Å². The van der Waals surface area contributed by atoms with Crippen LogP contribution in [0.1, 0.15) is 12.8 Å². The molecule has 0 radical (unpaired) electrons. The Balaban J connectivity index is 3.29. The lowest BCUT2D eigenvalue weighted by atomic mass is 10.6. The standard InChI is InChI=1S/C6H14O6S4/c7-15(8,9)5-1-3-13-14-4-2-6-16(10,11)12/h1-6H2,(H,7,8,9)(H,10,11,12)/p-2. The van der Waals surface area contributed by atoms with Crippen LogP contribution in [0.5, 0.6) is 0 Å². The minimum atomic E-state index is -4.13. The van der Waals surface area contributed by atoms with Gasteiger partial charge in [0.15, 0.2) is 0 Å². The van der Waals surface area contributed by atoms with Gasteiger partial charge in [-0.15, -0.1) is 0 Å². The van der Waals surface area contributed by atoms with Gasteiger partial charge in [-0.25, -0.2) is 16.8 Å². The van der Waals surface area contributed by atoms with E-state index in [0.717, 1.165) is 0 Å². The number of hydrogen-bond donors (Lipinski definition) is 0. The highest BCUT2D eigenvalue weighted by atomic mass is 33.1. The van der Waals surface area contributed by atoms with Gasteiger partial charge in [0.2, 0.25) is 0 Å². The fourth-order valence-electron chi connectivity index (χ4n) is 0.707. The van der Waals surface area contributed by atoms with Crippen molar-refractivity contribution in [1.82, 2.24) is 0 Å². The molecule has 6 nitrogen and oxygen atoms in total. The van der Waals surface area contributed by atoms with Crippen molar-refractivity contribution >= 4 is 41.8 Å². The SMILES string of the molecule is O=S(=O)([O-])CCCSSCCCS(=O)(=O)[O-]. The van der Waals surface area contributed by atoms with Crippen LogP contribution in [0, 0.1) is 0 Å². The molecular formula is C6H12O6S4-2. The fraction of sp³-hybridized carbons (Fsp3) is 1.00. The summed E-state index contributed by atoms with van der Waals surface area (Å²) < 4.78 is 61.2. The molecule has 0 unspecified atom stereocenters. The first-order chi connectivity index (χ1) is 7.21. The summed E-state index contributed by atoms with van der Waals surface area (Å²) in [4.78, 5) is 0. The Morgan fingerprint density at radius 3 is 1.31 bits per heavy atom. The topological polar surface area (TPSA) is 114 Å². The summed E-state index contributed by atoms with van der Waals surface area (Å²) >= 11 is 0. The third-order valence-electron chi connectivity index (χ3n) is 1.33. The van der Waals surface area contributed by atoms with Crippen molar-refractivity contribution in [2.75, 3.05) is 23.0 Å². The van der Waals surface area contributed by atoms with E-state index < -0.39 is 20.2 Å². The second kappa shape index (κ2) is 7.77. The molecular weight excluding hydrogens is 296 g/mol. The summed E-state index contributed by atoms with van der Waals surface area (Å²) in [6.07, 6.45) is 0.562. The molecule has 0 atom stereocenters. The van der Waals surface area contributed by atoms with E-state index in [4.69, 9.17) is 0 Å². The number of hydrogen-bond acceptors (Lipinski definition) is 8. The van der Waals surface area contributed by atoms with Crippen LogP contribution in [0.25, 0.3) is 0 Å². The average molecular weight is 308 g/mol. The molecule has 16 heavy (non-hydrogen) atoms. The first-order valence-electron chi connectivity index (χ1n) is 4.32. The van der Waals surface area contributed by atoms with E-state index in [0.29, 0.717) is 11.5 Å². The first-order valence-corrected chi connectivity index (χ1v) is 9.96. The molecule has 98 valence electrons. The smallest absolute Gasteiger partial charge is 0.0946 e. The summed E-state index contributed by atoms with van der Waals surface area (Å²) in [5.41, 5.74) is 0. The van der Waals surface area contributed by atoms with E-state index in [1.165, 1.54) is 21.6 Å². The van der Waals surface area contributed by atoms with Gasteiger partial charge in [0.1, 0.15) is 0 Å². The minimum Gasteiger partial charge on any atom is -0.748 e. The van der Waals surface area contributed by atoms with Crippen molar-refractivity contribution in [2.45, 2.75) is 12.8 Å². The maximum absolute atomic E-state index is 10.2. The van der Waals surface area contributed by atoms with Gasteiger partial charge in [0.05, 0.1) is 20.2 Å². The molecule has 0 aliphatic heterocycles. The lowest BCUT2D eigenvalue weighted by Gasteiger charge is -2.06. The largest absolute Gasteiger partial charge is 0.748 e. The summed E-state index contributed by atoms with van der Waals surface area (Å²) in [6.45, 7) is 0. The second-order valence-corrected chi connectivity index (χ2v) is 8.62. The molecule has 10 heteroatoms. The van der Waals surface area contributed by atoms with E-state index >= 15 is 0 Å². The highest BCUT2D eigenvalue weighted by molar-refractivity contribution is 8.76. The molecule has 0 aliphatic carbocycles. The van der Waals surface area contributed by atoms with Crippen LogP contribution in [0.3, 0.4) is 0 Å². The van der Waals surface area contributed by atoms with Gasteiger partial charge < -0.3 is 9.11 Å². The Morgan fingerprint density at radius 2 is 1.06 bits per heavy atom. The van der Waals surface area contributed by atoms with Crippen LogP contribution in [0.2, 0.25) is 0 Å². The van der Waals surface area contributed by atoms with Gasteiger partial charge >= 0.3 is 0 Å². The Labute approximate surface area is 103 Å². The Bertz CT molecular complexity index is 334. The molecule has 0 spiro atoms. The molecule has 0 aromatic carbocycles. The van der Waals surface area contributed by atoms with Crippen molar-refractivity contribution in [3.8, 4) is 0 Å². The highest BCUT2D eigenvalue weighted by Gasteiger charge is 1.98. The van der Waals surface area contributed by atoms with Crippen molar-refractivity contribution in [3.63, 3.8) is 0 Å². The molecule has 0 aromatic rings. The van der Waals surface area contributed by atoms with Crippen molar-refractivity contribution in [3.05, 3.63) is 0 Å². The van der Waals surface area contributed by atoms with E-state index in [2.05, 4.69) is 0 Å². The van der Waals surface area contributed by atoms with E-state index in [9.17, 15) is 25.9 Å². The zero-order valence-corrected chi connectivity index (χ0v) is 11.6. The lowest BCUT2D eigenvalue weighted by Crippen LogP contribution is -2.05. The van der Waals surface area contributed by atoms with Gasteiger partial charge in [-0.1, -0.05) is 21.6 Å². The maximum Gasteiger partial charge on any atom is 0.0946 e. The zero-order chi connectivity index (χ0) is 12.7. The van der Waals surface area contributed by atoms with Gasteiger partial charge in [0.25, 0.3) is 0 Å². The summed E-state index contributed by atoms with van der Waals surface area (Å²) in [6, 6.07) is 0. The Morgan fingerprint density at radius 1 is 0.750 bits per heavy atom. The quantitative estimate of drug-likeness (QED) is 0.338. The molecule has 0 saturated carbocycles. The summed E-state index contributed by atoms with van der Waals surface area (Å²) in [5, 5.41) is 0. The molecule has 0 fully saturated rings. The third kappa shape index (κ3) is 14.5. The fourth-order valence-corrected chi connectivity index (χ4v) is 4.24. The Kier molecular flexibility index (Phi) is 8.02. The van der Waals surface area contributed by atoms with Gasteiger partial charge in [-0.3, -0.25) is 0 Å². The van der Waals surface area contributed by atoms with Gasteiger partial charge in [0, 0.05) is 23.0 Å². The van der Waals surface area contributed by atoms with Crippen molar-refractivity contribution in [2.24, 2.45) is 0 Å². The zero-order valence-electron chi connectivity index (χ0n) is 8.33. The summed E-state index contributed by atoms with van der Waals surface area (Å²) in [5.74, 6) is 0.261. The maximum atomic E-state index is 10.2. The van der Waals surface area contributed by atoms with E-state index in [-0.39, 0.29) is 24.3 Å². The van der Waals surface area contributed by atoms with E-state index in [1.807, 2.05) is 0 Å². The molecule has 0 bridgehead atoms. The highest BCUT2D eigenvalue weighted by Crippen LogP contribution is 2.22. The third-order valence-corrected chi connectivity index (χ3v) is 5.48. The normalized spacial score (nSPS) is 12.9. The first kappa shape index (κ1) is 16.5. The molecule has 0 aromatic heterocycles. The molecule has 0 N–H and O–H groups in total. The molecule has 0 heterocycles. The monoisotopic (exact) mass is 308 g/mol. The lowest BCUT2D eigenvalue weighted by molar-refractivity contribution is 0.460. The molecule has 0 aliphatic rings. The second-order valence-electron chi connectivity index (χ2n) is 2.87. The minimum absolute atomic E-state index is 0.281.